The fourth-order valence-electron chi connectivity index (χ4n) is 4.87. The average molecular weight is 697 g/mol. The summed E-state index contributed by atoms with van der Waals surface area (Å²) in [4.78, 5) is 0. The van der Waals surface area contributed by atoms with Crippen LogP contribution in [0.25, 0.3) is 11.1 Å². The molecule has 4 aromatic rings. The molecule has 0 bridgehead atoms. The van der Waals surface area contributed by atoms with E-state index >= 15 is 0 Å². The van der Waals surface area contributed by atoms with Gasteiger partial charge in [0.1, 0.15) is 23.0 Å². The lowest BCUT2D eigenvalue weighted by Gasteiger charge is -2.13. The topological polar surface area (TPSA) is 36.9 Å². The number of unbranched alkanes of at least 4 members (excludes halogenated alkanes) is 2. The minimum absolute atomic E-state index is 0.669. The first kappa shape index (κ1) is 32.0. The molecule has 0 spiro atoms. The van der Waals surface area contributed by atoms with Crippen molar-refractivity contribution < 1.29 is 18.9 Å². The van der Waals surface area contributed by atoms with Gasteiger partial charge in [0.25, 0.3) is 0 Å². The zero-order chi connectivity index (χ0) is 29.9. The van der Waals surface area contributed by atoms with Gasteiger partial charge in [-0.15, -0.1) is 0 Å². The van der Waals surface area contributed by atoms with Crippen LogP contribution in [-0.4, -0.2) is 26.4 Å². The summed E-state index contributed by atoms with van der Waals surface area (Å²) in [6.07, 6.45) is 3.77. The summed E-state index contributed by atoms with van der Waals surface area (Å²) in [5.41, 5.74) is 6.91. The van der Waals surface area contributed by atoms with E-state index in [1.54, 1.807) is 0 Å². The largest absolute Gasteiger partial charge is 0.494 e. The molecule has 222 valence electrons. The Balaban J connectivity index is 1.11. The molecule has 42 heavy (non-hydrogen) atoms. The molecular formula is C36H40Br2O4. The predicted molar refractivity (Wildman–Crippen MR) is 180 cm³/mol. The Morgan fingerprint density at radius 2 is 0.714 bits per heavy atom. The van der Waals surface area contributed by atoms with Gasteiger partial charge in [-0.3, -0.25) is 0 Å². The Morgan fingerprint density at radius 1 is 0.429 bits per heavy atom. The second kappa shape index (κ2) is 16.0. The summed E-state index contributed by atoms with van der Waals surface area (Å²) in [5.74, 6) is 3.73. The van der Waals surface area contributed by atoms with Crippen molar-refractivity contribution in [1.29, 1.82) is 0 Å². The molecule has 0 aliphatic heterocycles. The normalized spacial score (nSPS) is 10.9. The zero-order valence-corrected chi connectivity index (χ0v) is 28.1. The van der Waals surface area contributed by atoms with Crippen LogP contribution in [0.1, 0.15) is 47.9 Å². The van der Waals surface area contributed by atoms with E-state index < -0.39 is 0 Å². The second-order valence-corrected chi connectivity index (χ2v) is 12.4. The molecule has 0 saturated heterocycles. The van der Waals surface area contributed by atoms with Crippen molar-refractivity contribution in [2.75, 3.05) is 26.4 Å². The predicted octanol–water partition coefficient (Wildman–Crippen LogP) is 10.6. The molecule has 4 nitrogen and oxygen atoms in total. The fraction of sp³-hybridized carbons (Fsp3) is 0.333. The van der Waals surface area contributed by atoms with Gasteiger partial charge in [-0.1, -0.05) is 56.1 Å². The highest BCUT2D eigenvalue weighted by Crippen LogP contribution is 2.29. The Morgan fingerprint density at radius 3 is 1.02 bits per heavy atom. The van der Waals surface area contributed by atoms with Gasteiger partial charge in [0.2, 0.25) is 0 Å². The van der Waals surface area contributed by atoms with Gasteiger partial charge in [-0.2, -0.15) is 0 Å². The average Bonchev–Trinajstić information content (AvgIpc) is 2.95. The number of halogens is 2. The second-order valence-electron chi connectivity index (χ2n) is 10.6. The number of benzene rings is 4. The highest BCUT2D eigenvalue weighted by molar-refractivity contribution is 9.10. The van der Waals surface area contributed by atoms with E-state index in [9.17, 15) is 0 Å². The Hall–Kier alpha value is -2.96. The molecule has 0 aromatic heterocycles. The van der Waals surface area contributed by atoms with Crippen molar-refractivity contribution in [2.45, 2.75) is 53.4 Å². The van der Waals surface area contributed by atoms with Gasteiger partial charge in [-0.05, 0) is 135 Å². The number of hydrogen-bond acceptors (Lipinski definition) is 4. The zero-order valence-electron chi connectivity index (χ0n) is 25.0. The molecule has 0 radical (unpaired) electrons. The van der Waals surface area contributed by atoms with E-state index in [1.165, 1.54) is 0 Å². The maximum atomic E-state index is 6.02. The van der Waals surface area contributed by atoms with Crippen LogP contribution in [0.4, 0.5) is 0 Å². The van der Waals surface area contributed by atoms with Crippen molar-refractivity contribution >= 4 is 31.9 Å². The van der Waals surface area contributed by atoms with Crippen LogP contribution < -0.4 is 18.9 Å². The molecule has 4 rings (SSSR count). The first-order valence-corrected chi connectivity index (χ1v) is 16.1. The Kier molecular flexibility index (Phi) is 12.2. The highest BCUT2D eigenvalue weighted by Gasteiger charge is 2.07. The third-order valence-corrected chi connectivity index (χ3v) is 7.92. The minimum Gasteiger partial charge on any atom is -0.494 e. The van der Waals surface area contributed by atoms with Gasteiger partial charge in [0.15, 0.2) is 0 Å². The van der Waals surface area contributed by atoms with Crippen LogP contribution in [0.3, 0.4) is 0 Å². The van der Waals surface area contributed by atoms with Crippen LogP contribution in [0.2, 0.25) is 0 Å². The minimum atomic E-state index is 0.669. The van der Waals surface area contributed by atoms with Crippen LogP contribution in [0, 0.1) is 27.7 Å². The lowest BCUT2D eigenvalue weighted by Crippen LogP contribution is -2.04. The summed E-state index contributed by atoms with van der Waals surface area (Å²) < 4.78 is 26.1. The van der Waals surface area contributed by atoms with Crippen molar-refractivity contribution in [3.8, 4) is 34.1 Å². The molecule has 0 saturated carbocycles. The SMILES string of the molecule is Cc1cc(Br)cc(C)c1OCCCCOc1ccc(-c2ccc(OCCCCOc3c(C)cc(Br)cc3C)cc2)cc1. The van der Waals surface area contributed by atoms with E-state index in [-0.39, 0.29) is 0 Å². The van der Waals surface area contributed by atoms with Gasteiger partial charge < -0.3 is 18.9 Å². The van der Waals surface area contributed by atoms with Gasteiger partial charge in [0.05, 0.1) is 26.4 Å². The van der Waals surface area contributed by atoms with Crippen LogP contribution in [-0.2, 0) is 0 Å². The van der Waals surface area contributed by atoms with Crippen molar-refractivity contribution in [3.63, 3.8) is 0 Å². The van der Waals surface area contributed by atoms with E-state index in [0.717, 1.165) is 91.0 Å². The molecule has 0 aliphatic carbocycles. The summed E-state index contributed by atoms with van der Waals surface area (Å²) in [6, 6.07) is 24.9. The molecule has 0 amide bonds. The van der Waals surface area contributed by atoms with E-state index in [1.807, 2.05) is 24.3 Å². The number of ether oxygens (including phenoxy) is 4. The van der Waals surface area contributed by atoms with E-state index in [0.29, 0.717) is 26.4 Å². The monoisotopic (exact) mass is 694 g/mol. The van der Waals surface area contributed by atoms with Crippen molar-refractivity contribution in [1.82, 2.24) is 0 Å². The van der Waals surface area contributed by atoms with Crippen LogP contribution >= 0.6 is 31.9 Å². The van der Waals surface area contributed by atoms with Crippen LogP contribution in [0.5, 0.6) is 23.0 Å². The Labute approximate surface area is 267 Å². The van der Waals surface area contributed by atoms with Gasteiger partial charge >= 0.3 is 0 Å². The summed E-state index contributed by atoms with van der Waals surface area (Å²) >= 11 is 7.07. The molecule has 4 aromatic carbocycles. The maximum Gasteiger partial charge on any atom is 0.125 e. The number of aryl methyl sites for hydroxylation is 4. The highest BCUT2D eigenvalue weighted by atomic mass is 79.9. The third kappa shape index (κ3) is 9.53. The van der Waals surface area contributed by atoms with E-state index in [2.05, 4.69) is 108 Å². The number of hydrogen-bond donors (Lipinski definition) is 0. The Bertz CT molecular complexity index is 1280. The summed E-state index contributed by atoms with van der Waals surface area (Å²) in [7, 11) is 0. The summed E-state index contributed by atoms with van der Waals surface area (Å²) in [5, 5.41) is 0. The molecule has 6 heteroatoms. The van der Waals surface area contributed by atoms with Gasteiger partial charge in [-0.25, -0.2) is 0 Å². The van der Waals surface area contributed by atoms with Crippen LogP contribution in [0.15, 0.2) is 81.7 Å². The lowest BCUT2D eigenvalue weighted by molar-refractivity contribution is 0.264. The third-order valence-electron chi connectivity index (χ3n) is 7.00. The quantitative estimate of drug-likeness (QED) is 0.116. The summed E-state index contributed by atoms with van der Waals surface area (Å²) in [6.45, 7) is 11.0. The molecule has 0 heterocycles. The lowest BCUT2D eigenvalue weighted by atomic mass is 10.1. The fourth-order valence-corrected chi connectivity index (χ4v) is 6.25. The number of rotatable bonds is 15. The van der Waals surface area contributed by atoms with Crippen molar-refractivity contribution in [2.24, 2.45) is 0 Å². The van der Waals surface area contributed by atoms with E-state index in [4.69, 9.17) is 18.9 Å². The van der Waals surface area contributed by atoms with Gasteiger partial charge in [0, 0.05) is 8.95 Å². The molecular weight excluding hydrogens is 656 g/mol. The molecule has 0 unspecified atom stereocenters. The first-order chi connectivity index (χ1) is 20.3. The van der Waals surface area contributed by atoms with Crippen molar-refractivity contribution in [3.05, 3.63) is 104 Å². The standard InChI is InChI=1S/C36H40Br2O4/c1-25-21-31(37)22-26(2)35(25)41-19-7-5-17-39-33-13-9-29(10-14-33)30-11-15-34(16-12-30)40-18-6-8-20-42-36-27(3)23-32(38)24-28(36)4/h9-16,21-24H,5-8,17-20H2,1-4H3. The molecule has 0 N–H and O–H groups in total. The first-order valence-electron chi connectivity index (χ1n) is 14.6. The smallest absolute Gasteiger partial charge is 0.125 e. The maximum absolute atomic E-state index is 6.02. The molecule has 0 aliphatic rings. The molecule has 0 atom stereocenters. The molecule has 0 fully saturated rings.